The third-order valence-corrected chi connectivity index (χ3v) is 2.26. The first-order valence-electron chi connectivity index (χ1n) is 5.04. The van der Waals surface area contributed by atoms with Crippen molar-refractivity contribution < 1.29 is 24.1 Å². The standard InChI is InChI=1S/C10H18O5/c1-10(2)14-7(5-4-6-11)8(15-10)9(12)13-3/h7-8,11H,4-6H2,1-3H3/t7-,8-/m0/s1. The number of aliphatic hydroxyl groups is 1. The van der Waals surface area contributed by atoms with Crippen LogP contribution in [0.25, 0.3) is 0 Å². The van der Waals surface area contributed by atoms with Crippen molar-refractivity contribution in [2.45, 2.75) is 44.7 Å². The average Bonchev–Trinajstić information content (AvgIpc) is 2.49. The van der Waals surface area contributed by atoms with Gasteiger partial charge in [0.1, 0.15) is 0 Å². The third kappa shape index (κ3) is 3.15. The molecule has 1 aliphatic rings. The molecule has 5 heteroatoms. The summed E-state index contributed by atoms with van der Waals surface area (Å²) in [5.74, 6) is -1.19. The Kier molecular flexibility index (Phi) is 4.07. The predicted molar refractivity (Wildman–Crippen MR) is 52.2 cm³/mol. The van der Waals surface area contributed by atoms with E-state index in [2.05, 4.69) is 4.74 Å². The van der Waals surface area contributed by atoms with Gasteiger partial charge in [-0.3, -0.25) is 0 Å². The molecule has 0 spiro atoms. The molecule has 0 aromatic heterocycles. The number of rotatable bonds is 4. The Hall–Kier alpha value is -0.650. The van der Waals surface area contributed by atoms with Crippen molar-refractivity contribution in [3.05, 3.63) is 0 Å². The molecule has 1 rings (SSSR count). The first kappa shape index (κ1) is 12.4. The number of carbonyl (C=O) groups excluding carboxylic acids is 1. The summed E-state index contributed by atoms with van der Waals surface area (Å²) in [6.07, 6.45) is 0.147. The highest BCUT2D eigenvalue weighted by molar-refractivity contribution is 5.75. The van der Waals surface area contributed by atoms with Crippen molar-refractivity contribution in [3.8, 4) is 0 Å². The van der Waals surface area contributed by atoms with Gasteiger partial charge in [0.05, 0.1) is 13.2 Å². The van der Waals surface area contributed by atoms with Gasteiger partial charge in [-0.05, 0) is 26.7 Å². The minimum Gasteiger partial charge on any atom is -0.467 e. The van der Waals surface area contributed by atoms with Crippen molar-refractivity contribution in [2.75, 3.05) is 13.7 Å². The van der Waals surface area contributed by atoms with Crippen molar-refractivity contribution in [2.24, 2.45) is 0 Å². The first-order chi connectivity index (χ1) is 7.00. The van der Waals surface area contributed by atoms with Gasteiger partial charge in [0.25, 0.3) is 0 Å². The SMILES string of the molecule is COC(=O)[C@H]1OC(C)(C)O[C@H]1CCCO. The molecular weight excluding hydrogens is 200 g/mol. The van der Waals surface area contributed by atoms with E-state index in [1.165, 1.54) is 7.11 Å². The Morgan fingerprint density at radius 3 is 2.67 bits per heavy atom. The maximum atomic E-state index is 11.4. The molecule has 1 N–H and O–H groups in total. The van der Waals surface area contributed by atoms with Crippen molar-refractivity contribution in [1.29, 1.82) is 0 Å². The van der Waals surface area contributed by atoms with Crippen LogP contribution in [0, 0.1) is 0 Å². The van der Waals surface area contributed by atoms with E-state index in [1.54, 1.807) is 13.8 Å². The van der Waals surface area contributed by atoms with E-state index in [-0.39, 0.29) is 12.7 Å². The van der Waals surface area contributed by atoms with E-state index in [9.17, 15) is 4.79 Å². The van der Waals surface area contributed by atoms with Crippen LogP contribution in [0.3, 0.4) is 0 Å². The molecule has 0 aliphatic carbocycles. The Bertz CT molecular complexity index is 226. The van der Waals surface area contributed by atoms with E-state index in [0.29, 0.717) is 12.8 Å². The molecular formula is C10H18O5. The topological polar surface area (TPSA) is 65.0 Å². The average molecular weight is 218 g/mol. The number of ether oxygens (including phenoxy) is 3. The van der Waals surface area contributed by atoms with Gasteiger partial charge < -0.3 is 19.3 Å². The van der Waals surface area contributed by atoms with Gasteiger partial charge in [0.15, 0.2) is 11.9 Å². The van der Waals surface area contributed by atoms with Gasteiger partial charge in [-0.25, -0.2) is 4.79 Å². The van der Waals surface area contributed by atoms with Crippen LogP contribution < -0.4 is 0 Å². The van der Waals surface area contributed by atoms with Gasteiger partial charge in [0.2, 0.25) is 0 Å². The molecule has 1 fully saturated rings. The lowest BCUT2D eigenvalue weighted by molar-refractivity contribution is -0.168. The monoisotopic (exact) mass is 218 g/mol. The zero-order chi connectivity index (χ0) is 11.5. The second-order valence-corrected chi connectivity index (χ2v) is 3.98. The van der Waals surface area contributed by atoms with Crippen molar-refractivity contribution in [3.63, 3.8) is 0 Å². The zero-order valence-electron chi connectivity index (χ0n) is 9.36. The molecule has 2 atom stereocenters. The molecule has 1 heterocycles. The minimum atomic E-state index is -0.765. The lowest BCUT2D eigenvalue weighted by atomic mass is 10.1. The highest BCUT2D eigenvalue weighted by Gasteiger charge is 2.45. The second-order valence-electron chi connectivity index (χ2n) is 3.98. The molecule has 0 radical (unpaired) electrons. The van der Waals surface area contributed by atoms with Gasteiger partial charge in [-0.2, -0.15) is 0 Å². The molecule has 0 saturated carbocycles. The number of hydrogen-bond donors (Lipinski definition) is 1. The first-order valence-corrected chi connectivity index (χ1v) is 5.04. The number of methoxy groups -OCH3 is 1. The van der Waals surface area contributed by atoms with Gasteiger partial charge in [-0.1, -0.05) is 0 Å². The van der Waals surface area contributed by atoms with E-state index in [0.717, 1.165) is 0 Å². The van der Waals surface area contributed by atoms with Crippen LogP contribution >= 0.6 is 0 Å². The fourth-order valence-corrected chi connectivity index (χ4v) is 1.65. The highest BCUT2D eigenvalue weighted by Crippen LogP contribution is 2.31. The maximum Gasteiger partial charge on any atom is 0.337 e. The molecule has 1 saturated heterocycles. The molecule has 88 valence electrons. The summed E-state index contributed by atoms with van der Waals surface area (Å²) in [5.41, 5.74) is 0. The van der Waals surface area contributed by atoms with E-state index < -0.39 is 17.9 Å². The molecule has 5 nitrogen and oxygen atoms in total. The largest absolute Gasteiger partial charge is 0.467 e. The number of aliphatic hydroxyl groups excluding tert-OH is 1. The number of carbonyl (C=O) groups is 1. The molecule has 0 unspecified atom stereocenters. The van der Waals surface area contributed by atoms with Crippen LogP contribution in [-0.4, -0.2) is 42.8 Å². The van der Waals surface area contributed by atoms with Crippen LogP contribution in [0.4, 0.5) is 0 Å². The zero-order valence-corrected chi connectivity index (χ0v) is 9.36. The van der Waals surface area contributed by atoms with E-state index in [4.69, 9.17) is 14.6 Å². The maximum absolute atomic E-state index is 11.4. The van der Waals surface area contributed by atoms with Crippen molar-refractivity contribution in [1.82, 2.24) is 0 Å². The quantitative estimate of drug-likeness (QED) is 0.694. The summed E-state index contributed by atoms with van der Waals surface area (Å²) in [6.45, 7) is 3.58. The molecule has 0 bridgehead atoms. The molecule has 0 amide bonds. The smallest absolute Gasteiger partial charge is 0.337 e. The molecule has 0 aromatic carbocycles. The van der Waals surface area contributed by atoms with E-state index in [1.807, 2.05) is 0 Å². The highest BCUT2D eigenvalue weighted by atomic mass is 16.8. The number of esters is 1. The Balaban J connectivity index is 2.61. The van der Waals surface area contributed by atoms with Crippen LogP contribution in [0.1, 0.15) is 26.7 Å². The van der Waals surface area contributed by atoms with Gasteiger partial charge in [-0.15, -0.1) is 0 Å². The van der Waals surface area contributed by atoms with Gasteiger partial charge in [0, 0.05) is 6.61 Å². The Morgan fingerprint density at radius 1 is 1.47 bits per heavy atom. The summed E-state index contributed by atoms with van der Waals surface area (Å²) in [7, 11) is 1.32. The summed E-state index contributed by atoms with van der Waals surface area (Å²) < 4.78 is 15.6. The summed E-state index contributed by atoms with van der Waals surface area (Å²) >= 11 is 0. The van der Waals surface area contributed by atoms with Crippen LogP contribution in [0.15, 0.2) is 0 Å². The lowest BCUT2D eigenvalue weighted by Gasteiger charge is -2.16. The fourth-order valence-electron chi connectivity index (χ4n) is 1.65. The molecule has 0 aromatic rings. The Labute approximate surface area is 89.3 Å². The summed E-state index contributed by atoms with van der Waals surface area (Å²) in [6, 6.07) is 0. The predicted octanol–water partition coefficient (Wildman–Crippen LogP) is 0.452. The summed E-state index contributed by atoms with van der Waals surface area (Å²) in [5, 5.41) is 8.73. The molecule has 1 aliphatic heterocycles. The van der Waals surface area contributed by atoms with E-state index >= 15 is 0 Å². The Morgan fingerprint density at radius 2 is 2.13 bits per heavy atom. The van der Waals surface area contributed by atoms with Crippen LogP contribution in [0.5, 0.6) is 0 Å². The lowest BCUT2D eigenvalue weighted by Crippen LogP contribution is -2.32. The third-order valence-electron chi connectivity index (χ3n) is 2.26. The minimum absolute atomic E-state index is 0.0776. The van der Waals surface area contributed by atoms with Crippen LogP contribution in [-0.2, 0) is 19.0 Å². The van der Waals surface area contributed by atoms with Crippen molar-refractivity contribution >= 4 is 5.97 Å². The fraction of sp³-hybridized carbons (Fsp3) is 0.900. The number of hydrogen-bond acceptors (Lipinski definition) is 5. The summed E-state index contributed by atoms with van der Waals surface area (Å²) in [4.78, 5) is 11.4. The second kappa shape index (κ2) is 4.92. The normalized spacial score (nSPS) is 29.1. The molecule has 15 heavy (non-hydrogen) atoms. The van der Waals surface area contributed by atoms with Gasteiger partial charge >= 0.3 is 5.97 Å². The van der Waals surface area contributed by atoms with Crippen LogP contribution in [0.2, 0.25) is 0 Å².